The van der Waals surface area contributed by atoms with Crippen LogP contribution in [0.5, 0.6) is 0 Å². The zero-order valence-corrected chi connectivity index (χ0v) is 18.5. The Balaban J connectivity index is 1.56. The highest BCUT2D eigenvalue weighted by molar-refractivity contribution is 5.87. The number of esters is 1. The van der Waals surface area contributed by atoms with Gasteiger partial charge in [0, 0.05) is 24.2 Å². The molecule has 2 aliphatic rings. The third-order valence-corrected chi connectivity index (χ3v) is 6.52. The molecule has 0 aromatic heterocycles. The maximum absolute atomic E-state index is 13.6. The molecule has 3 unspecified atom stereocenters. The number of nitrogens with one attached hydrogen (secondary N) is 2. The molecule has 6 nitrogen and oxygen atoms in total. The van der Waals surface area contributed by atoms with Gasteiger partial charge in [-0.15, -0.1) is 0 Å². The first-order chi connectivity index (χ1) is 16.1. The fraction of sp³-hybridized carbons (Fsp3) is 0.259. The van der Waals surface area contributed by atoms with Crippen LogP contribution in [0.2, 0.25) is 0 Å². The molecule has 0 aliphatic carbocycles. The summed E-state index contributed by atoms with van der Waals surface area (Å²) in [5.41, 5.74) is 1.49. The van der Waals surface area contributed by atoms with Crippen molar-refractivity contribution in [2.75, 3.05) is 13.1 Å². The molecular formula is C27H27N3O3. The zero-order valence-electron chi connectivity index (χ0n) is 18.5. The Morgan fingerprint density at radius 2 is 1.48 bits per heavy atom. The predicted octanol–water partition coefficient (Wildman–Crippen LogP) is 2.96. The molecule has 1 amide bonds. The van der Waals surface area contributed by atoms with E-state index < -0.39 is 17.8 Å². The summed E-state index contributed by atoms with van der Waals surface area (Å²) < 4.78 is 6.21. The van der Waals surface area contributed by atoms with Crippen molar-refractivity contribution in [1.82, 2.24) is 15.5 Å². The Morgan fingerprint density at radius 1 is 0.939 bits per heavy atom. The third kappa shape index (κ3) is 3.71. The number of carbonyl (C=O) groups is 2. The summed E-state index contributed by atoms with van der Waals surface area (Å²) in [5.74, 6) is -0.470. The monoisotopic (exact) mass is 441 g/mol. The second kappa shape index (κ2) is 8.81. The number of benzene rings is 3. The van der Waals surface area contributed by atoms with E-state index >= 15 is 0 Å². The molecule has 0 saturated carbocycles. The number of nitrogens with zero attached hydrogens (tertiary/aromatic N) is 1. The summed E-state index contributed by atoms with van der Waals surface area (Å²) in [7, 11) is 0. The maximum Gasteiger partial charge on any atom is 0.327 e. The Labute approximate surface area is 193 Å². The number of amides is 1. The van der Waals surface area contributed by atoms with Crippen molar-refractivity contribution in [3.63, 3.8) is 0 Å². The first-order valence-corrected chi connectivity index (χ1v) is 11.3. The number of ether oxygens (including phenoxy) is 1. The first kappa shape index (κ1) is 21.4. The van der Waals surface area contributed by atoms with Gasteiger partial charge in [-0.25, -0.2) is 4.90 Å². The van der Waals surface area contributed by atoms with E-state index in [1.807, 2.05) is 103 Å². The van der Waals surface area contributed by atoms with Gasteiger partial charge in [0.05, 0.1) is 6.04 Å². The van der Waals surface area contributed by atoms with Gasteiger partial charge in [-0.1, -0.05) is 91.0 Å². The maximum atomic E-state index is 13.6. The van der Waals surface area contributed by atoms with E-state index in [0.29, 0.717) is 13.1 Å². The van der Waals surface area contributed by atoms with Gasteiger partial charge in [0.2, 0.25) is 11.6 Å². The molecule has 2 fully saturated rings. The zero-order chi connectivity index (χ0) is 22.8. The van der Waals surface area contributed by atoms with Crippen LogP contribution in [0.25, 0.3) is 0 Å². The van der Waals surface area contributed by atoms with Gasteiger partial charge in [0.25, 0.3) is 0 Å². The van der Waals surface area contributed by atoms with Crippen LogP contribution in [0.3, 0.4) is 0 Å². The van der Waals surface area contributed by atoms with Gasteiger partial charge in [0.15, 0.2) is 0 Å². The molecule has 2 aliphatic heterocycles. The van der Waals surface area contributed by atoms with E-state index in [-0.39, 0.29) is 17.9 Å². The lowest BCUT2D eigenvalue weighted by Gasteiger charge is -2.44. The largest absolute Gasteiger partial charge is 0.434 e. The van der Waals surface area contributed by atoms with Crippen molar-refractivity contribution in [3.05, 3.63) is 108 Å². The summed E-state index contributed by atoms with van der Waals surface area (Å²) in [4.78, 5) is 28.7. The Morgan fingerprint density at radius 3 is 2.06 bits per heavy atom. The van der Waals surface area contributed by atoms with Gasteiger partial charge < -0.3 is 15.4 Å². The van der Waals surface area contributed by atoms with Crippen LogP contribution < -0.4 is 10.6 Å². The molecule has 3 aromatic carbocycles. The summed E-state index contributed by atoms with van der Waals surface area (Å²) in [6, 6.07) is 27.9. The van der Waals surface area contributed by atoms with Gasteiger partial charge >= 0.3 is 5.97 Å². The van der Waals surface area contributed by atoms with Crippen LogP contribution in [0.1, 0.15) is 29.7 Å². The van der Waals surface area contributed by atoms with Gasteiger partial charge in [-0.05, 0) is 12.5 Å². The average molecular weight is 442 g/mol. The Bertz CT molecular complexity index is 1080. The molecule has 3 atom stereocenters. The quantitative estimate of drug-likeness (QED) is 0.596. The topological polar surface area (TPSA) is 70.7 Å². The van der Waals surface area contributed by atoms with Gasteiger partial charge in [-0.2, -0.15) is 0 Å². The third-order valence-electron chi connectivity index (χ3n) is 6.52. The number of rotatable bonds is 5. The molecule has 3 aromatic rings. The molecule has 6 heteroatoms. The van der Waals surface area contributed by atoms with Crippen LogP contribution in [-0.2, 0) is 20.1 Å². The molecule has 0 radical (unpaired) electrons. The minimum Gasteiger partial charge on any atom is -0.434 e. The highest BCUT2D eigenvalue weighted by Crippen LogP contribution is 2.45. The summed E-state index contributed by atoms with van der Waals surface area (Å²) >= 11 is 0. The van der Waals surface area contributed by atoms with Crippen molar-refractivity contribution in [1.29, 1.82) is 0 Å². The molecule has 2 heterocycles. The van der Waals surface area contributed by atoms with Gasteiger partial charge in [0.1, 0.15) is 12.1 Å². The first-order valence-electron chi connectivity index (χ1n) is 11.3. The lowest BCUT2D eigenvalue weighted by Crippen LogP contribution is -2.65. The molecule has 2 saturated heterocycles. The minimum atomic E-state index is -1.18. The molecule has 5 rings (SSSR count). The second-order valence-electron chi connectivity index (χ2n) is 8.54. The molecule has 33 heavy (non-hydrogen) atoms. The van der Waals surface area contributed by atoms with E-state index in [4.69, 9.17) is 4.74 Å². The molecule has 0 spiro atoms. The van der Waals surface area contributed by atoms with E-state index in [9.17, 15) is 9.59 Å². The lowest BCUT2D eigenvalue weighted by molar-refractivity contribution is -0.153. The van der Waals surface area contributed by atoms with Crippen molar-refractivity contribution in [2.24, 2.45) is 0 Å². The average Bonchev–Trinajstić information content (AvgIpc) is 3.19. The smallest absolute Gasteiger partial charge is 0.327 e. The van der Waals surface area contributed by atoms with Crippen molar-refractivity contribution in [3.8, 4) is 0 Å². The number of piperazine rings is 1. The van der Waals surface area contributed by atoms with Crippen LogP contribution >= 0.6 is 0 Å². The number of fused-ring (bicyclic) bond motifs is 1. The summed E-state index contributed by atoms with van der Waals surface area (Å²) in [5, 5.41) is 6.41. The second-order valence-corrected chi connectivity index (χ2v) is 8.54. The number of hydrogen-bond donors (Lipinski definition) is 2. The van der Waals surface area contributed by atoms with Crippen LogP contribution in [0.15, 0.2) is 91.0 Å². The van der Waals surface area contributed by atoms with Gasteiger partial charge in [-0.3, -0.25) is 9.59 Å². The standard InChI is InChI=1S/C27H27N3O3/c1-19(20-11-5-2-6-12-20)29-25(31)23-17-28-18-24-26(32)33-27(30(23)24,21-13-7-3-8-14-21)22-15-9-4-10-16-22/h2-16,19,23-24,28H,17-18H2,1H3,(H,29,31). The molecule has 0 bridgehead atoms. The predicted molar refractivity (Wildman–Crippen MR) is 125 cm³/mol. The Hall–Kier alpha value is -3.48. The normalized spacial score (nSPS) is 22.8. The number of carbonyl (C=O) groups excluding carboxylic acids is 2. The molecule has 2 N–H and O–H groups in total. The van der Waals surface area contributed by atoms with Crippen LogP contribution in [0, 0.1) is 0 Å². The van der Waals surface area contributed by atoms with Crippen LogP contribution in [-0.4, -0.2) is 41.9 Å². The van der Waals surface area contributed by atoms with E-state index in [2.05, 4.69) is 10.6 Å². The SMILES string of the molecule is CC(NC(=O)C1CNCC2C(=O)OC(c3ccccc3)(c3ccccc3)N12)c1ccccc1. The van der Waals surface area contributed by atoms with E-state index in [1.165, 1.54) is 0 Å². The molecule has 168 valence electrons. The van der Waals surface area contributed by atoms with Crippen molar-refractivity contribution >= 4 is 11.9 Å². The molecular weight excluding hydrogens is 414 g/mol. The lowest BCUT2D eigenvalue weighted by atomic mass is 9.89. The Kier molecular flexibility index (Phi) is 5.70. The fourth-order valence-electron chi connectivity index (χ4n) is 4.94. The minimum absolute atomic E-state index is 0.141. The number of hydrogen-bond acceptors (Lipinski definition) is 5. The fourth-order valence-corrected chi connectivity index (χ4v) is 4.94. The highest BCUT2D eigenvalue weighted by Gasteiger charge is 2.60. The van der Waals surface area contributed by atoms with Crippen molar-refractivity contribution in [2.45, 2.75) is 30.8 Å². The van der Waals surface area contributed by atoms with Crippen molar-refractivity contribution < 1.29 is 14.3 Å². The number of cyclic esters (lactones) is 1. The van der Waals surface area contributed by atoms with Crippen LogP contribution in [0.4, 0.5) is 0 Å². The van der Waals surface area contributed by atoms with E-state index in [1.54, 1.807) is 0 Å². The van der Waals surface area contributed by atoms with E-state index in [0.717, 1.165) is 16.7 Å². The highest BCUT2D eigenvalue weighted by atomic mass is 16.6. The summed E-state index contributed by atoms with van der Waals surface area (Å²) in [6.07, 6.45) is 0. The summed E-state index contributed by atoms with van der Waals surface area (Å²) in [6.45, 7) is 2.81.